The summed E-state index contributed by atoms with van der Waals surface area (Å²) in [5.74, 6) is 1.34. The fourth-order valence-corrected chi connectivity index (χ4v) is 3.83. The highest BCUT2D eigenvalue weighted by molar-refractivity contribution is 5.95. The summed E-state index contributed by atoms with van der Waals surface area (Å²) >= 11 is 0. The number of piperazine rings is 1. The van der Waals surface area contributed by atoms with Gasteiger partial charge in [0, 0.05) is 37.8 Å². The second kappa shape index (κ2) is 11.3. The van der Waals surface area contributed by atoms with Crippen LogP contribution in [0.3, 0.4) is 0 Å². The summed E-state index contributed by atoms with van der Waals surface area (Å²) in [4.78, 5) is 29.1. The van der Waals surface area contributed by atoms with Crippen LogP contribution >= 0.6 is 12.4 Å². The first-order chi connectivity index (χ1) is 13.6. The minimum atomic E-state index is -0.0225. The van der Waals surface area contributed by atoms with Crippen LogP contribution in [-0.4, -0.2) is 74.1 Å². The summed E-state index contributed by atoms with van der Waals surface area (Å²) in [7, 11) is 1.59. The highest BCUT2D eigenvalue weighted by Gasteiger charge is 2.32. The third-order valence-electron chi connectivity index (χ3n) is 5.42. The molecule has 0 aromatic heterocycles. The number of methoxy groups -OCH3 is 1. The van der Waals surface area contributed by atoms with Gasteiger partial charge in [-0.05, 0) is 37.5 Å². The van der Waals surface area contributed by atoms with Crippen molar-refractivity contribution in [3.8, 4) is 11.5 Å². The smallest absolute Gasteiger partial charge is 0.254 e. The van der Waals surface area contributed by atoms with E-state index in [4.69, 9.17) is 9.47 Å². The SMILES string of the molecule is CCCCOc1ccc(C(=O)N2CCCC(N3CCNCC3=O)C2)cc1OC.Cl. The van der Waals surface area contributed by atoms with E-state index < -0.39 is 0 Å². The van der Waals surface area contributed by atoms with Gasteiger partial charge in [0.15, 0.2) is 11.5 Å². The average molecular weight is 426 g/mol. The average Bonchev–Trinajstić information content (AvgIpc) is 2.74. The maximum absolute atomic E-state index is 13.1. The van der Waals surface area contributed by atoms with E-state index in [1.54, 1.807) is 19.2 Å². The standard InChI is InChI=1S/C21H31N3O4.ClH/c1-3-4-12-28-18-8-7-16(13-19(18)27-2)21(26)23-10-5-6-17(15-23)24-11-9-22-14-20(24)25;/h7-8,13,17,22H,3-6,9-12,14-15H2,1-2H3;1H. The number of benzene rings is 1. The molecule has 162 valence electrons. The molecule has 8 heteroatoms. The molecule has 0 bridgehead atoms. The van der Waals surface area contributed by atoms with Gasteiger partial charge in [0.2, 0.25) is 5.91 Å². The summed E-state index contributed by atoms with van der Waals surface area (Å²) in [6, 6.07) is 5.46. The van der Waals surface area contributed by atoms with Crippen molar-refractivity contribution in [3.05, 3.63) is 23.8 Å². The zero-order chi connectivity index (χ0) is 19.9. The van der Waals surface area contributed by atoms with Crippen molar-refractivity contribution in [1.29, 1.82) is 0 Å². The molecule has 0 aliphatic carbocycles. The summed E-state index contributed by atoms with van der Waals surface area (Å²) in [5.41, 5.74) is 0.590. The van der Waals surface area contributed by atoms with Gasteiger partial charge in [0.1, 0.15) is 0 Å². The van der Waals surface area contributed by atoms with Crippen LogP contribution in [0.5, 0.6) is 11.5 Å². The van der Waals surface area contributed by atoms with Crippen molar-refractivity contribution in [2.24, 2.45) is 0 Å². The minimum absolute atomic E-state index is 0. The fourth-order valence-electron chi connectivity index (χ4n) is 3.83. The highest BCUT2D eigenvalue weighted by atomic mass is 35.5. The van der Waals surface area contributed by atoms with Crippen molar-refractivity contribution in [2.75, 3.05) is 46.4 Å². The molecule has 0 spiro atoms. The number of carbonyl (C=O) groups excluding carboxylic acids is 2. The zero-order valence-electron chi connectivity index (χ0n) is 17.3. The lowest BCUT2D eigenvalue weighted by Crippen LogP contribution is -2.57. The highest BCUT2D eigenvalue weighted by Crippen LogP contribution is 2.29. The number of carbonyl (C=O) groups is 2. The summed E-state index contributed by atoms with van der Waals surface area (Å²) in [6.07, 6.45) is 3.89. The number of unbranched alkanes of at least 4 members (excludes halogenated alkanes) is 1. The Morgan fingerprint density at radius 2 is 2.10 bits per heavy atom. The molecule has 29 heavy (non-hydrogen) atoms. The number of piperidine rings is 1. The van der Waals surface area contributed by atoms with Gasteiger partial charge in [-0.1, -0.05) is 13.3 Å². The van der Waals surface area contributed by atoms with Crippen LogP contribution in [0.1, 0.15) is 43.0 Å². The minimum Gasteiger partial charge on any atom is -0.493 e. The van der Waals surface area contributed by atoms with Gasteiger partial charge in [-0.3, -0.25) is 9.59 Å². The number of likely N-dealkylation sites (tertiary alicyclic amines) is 1. The van der Waals surface area contributed by atoms with E-state index in [9.17, 15) is 9.59 Å². The Hall–Kier alpha value is -1.99. The Balaban J connectivity index is 0.00000300. The van der Waals surface area contributed by atoms with Gasteiger partial charge < -0.3 is 24.6 Å². The molecule has 2 fully saturated rings. The van der Waals surface area contributed by atoms with Gasteiger partial charge in [-0.25, -0.2) is 0 Å². The van der Waals surface area contributed by atoms with Crippen molar-refractivity contribution < 1.29 is 19.1 Å². The fraction of sp³-hybridized carbons (Fsp3) is 0.619. The number of hydrogen-bond donors (Lipinski definition) is 1. The van der Waals surface area contributed by atoms with Gasteiger partial charge >= 0.3 is 0 Å². The third-order valence-corrected chi connectivity index (χ3v) is 5.42. The van der Waals surface area contributed by atoms with Crippen LogP contribution in [0.4, 0.5) is 0 Å². The van der Waals surface area contributed by atoms with Gasteiger partial charge in [-0.15, -0.1) is 12.4 Å². The molecule has 2 heterocycles. The largest absolute Gasteiger partial charge is 0.493 e. The lowest BCUT2D eigenvalue weighted by molar-refractivity contribution is -0.135. The predicted octanol–water partition coefficient (Wildman–Crippen LogP) is 2.33. The van der Waals surface area contributed by atoms with Gasteiger partial charge in [-0.2, -0.15) is 0 Å². The lowest BCUT2D eigenvalue weighted by Gasteiger charge is -2.41. The first-order valence-electron chi connectivity index (χ1n) is 10.2. The summed E-state index contributed by atoms with van der Waals surface area (Å²) in [6.45, 7) is 5.96. The van der Waals surface area contributed by atoms with E-state index in [-0.39, 0.29) is 30.3 Å². The molecule has 1 aromatic rings. The molecule has 1 aromatic carbocycles. The van der Waals surface area contributed by atoms with Crippen LogP contribution in [-0.2, 0) is 4.79 Å². The maximum Gasteiger partial charge on any atom is 0.254 e. The Bertz CT molecular complexity index is 701. The monoisotopic (exact) mass is 425 g/mol. The molecule has 2 aliphatic heterocycles. The Labute approximate surface area is 179 Å². The Morgan fingerprint density at radius 3 is 2.83 bits per heavy atom. The second-order valence-corrected chi connectivity index (χ2v) is 7.38. The van der Waals surface area contributed by atoms with Crippen molar-refractivity contribution in [3.63, 3.8) is 0 Å². The Morgan fingerprint density at radius 1 is 1.28 bits per heavy atom. The molecule has 3 rings (SSSR count). The first kappa shape index (κ1) is 23.3. The van der Waals surface area contributed by atoms with E-state index in [0.717, 1.165) is 32.2 Å². The summed E-state index contributed by atoms with van der Waals surface area (Å²) in [5, 5.41) is 3.10. The first-order valence-corrected chi connectivity index (χ1v) is 10.2. The quantitative estimate of drug-likeness (QED) is 0.679. The number of nitrogens with one attached hydrogen (secondary N) is 1. The zero-order valence-corrected chi connectivity index (χ0v) is 18.1. The molecule has 1 atom stereocenters. The normalized spacial score (nSPS) is 19.5. The summed E-state index contributed by atoms with van der Waals surface area (Å²) < 4.78 is 11.2. The molecule has 0 radical (unpaired) electrons. The number of rotatable bonds is 7. The molecular formula is C21H32ClN3O4. The van der Waals surface area contributed by atoms with E-state index in [1.165, 1.54) is 0 Å². The van der Waals surface area contributed by atoms with Gasteiger partial charge in [0.05, 0.1) is 20.3 Å². The van der Waals surface area contributed by atoms with Crippen LogP contribution in [0.2, 0.25) is 0 Å². The lowest BCUT2D eigenvalue weighted by atomic mass is 10.0. The predicted molar refractivity (Wildman–Crippen MR) is 114 cm³/mol. The van der Waals surface area contributed by atoms with E-state index >= 15 is 0 Å². The van der Waals surface area contributed by atoms with Crippen molar-refractivity contribution in [1.82, 2.24) is 15.1 Å². The number of nitrogens with zero attached hydrogens (tertiary/aromatic N) is 2. The van der Waals surface area contributed by atoms with Crippen molar-refractivity contribution >= 4 is 24.2 Å². The van der Waals surface area contributed by atoms with Crippen LogP contribution < -0.4 is 14.8 Å². The molecule has 2 saturated heterocycles. The van der Waals surface area contributed by atoms with E-state index in [2.05, 4.69) is 12.2 Å². The molecule has 0 saturated carbocycles. The molecular weight excluding hydrogens is 394 g/mol. The van der Waals surface area contributed by atoms with Gasteiger partial charge in [0.25, 0.3) is 5.91 Å². The third kappa shape index (κ3) is 5.76. The number of hydrogen-bond acceptors (Lipinski definition) is 5. The molecule has 2 amide bonds. The van der Waals surface area contributed by atoms with E-state index in [1.807, 2.05) is 15.9 Å². The maximum atomic E-state index is 13.1. The number of halogens is 1. The molecule has 2 aliphatic rings. The second-order valence-electron chi connectivity index (χ2n) is 7.38. The number of amides is 2. The molecule has 1 unspecified atom stereocenters. The van der Waals surface area contributed by atoms with Crippen molar-refractivity contribution in [2.45, 2.75) is 38.6 Å². The van der Waals surface area contributed by atoms with Crippen LogP contribution in [0.15, 0.2) is 18.2 Å². The van der Waals surface area contributed by atoms with Crippen LogP contribution in [0, 0.1) is 0 Å². The molecule has 1 N–H and O–H groups in total. The Kier molecular flexibility index (Phi) is 9.04. The topological polar surface area (TPSA) is 71.1 Å². The molecule has 7 nitrogen and oxygen atoms in total. The number of ether oxygens (including phenoxy) is 2. The van der Waals surface area contributed by atoms with Crippen LogP contribution in [0.25, 0.3) is 0 Å². The van der Waals surface area contributed by atoms with E-state index in [0.29, 0.717) is 49.8 Å².